The Hall–Kier alpha value is -1.54. The van der Waals surface area contributed by atoms with E-state index < -0.39 is 0 Å². The molecule has 2 aliphatic rings. The zero-order chi connectivity index (χ0) is 17.8. The molecule has 0 fully saturated rings. The van der Waals surface area contributed by atoms with Gasteiger partial charge in [-0.05, 0) is 18.4 Å². The predicted octanol–water partition coefficient (Wildman–Crippen LogP) is 0.243. The van der Waals surface area contributed by atoms with Gasteiger partial charge in [0, 0.05) is 0 Å². The van der Waals surface area contributed by atoms with Crippen LogP contribution in [0.2, 0.25) is 0 Å². The van der Waals surface area contributed by atoms with E-state index in [4.69, 9.17) is 0 Å². The Morgan fingerprint density at radius 1 is 0.828 bits per heavy atom. The van der Waals surface area contributed by atoms with Crippen molar-refractivity contribution in [1.29, 1.82) is 0 Å². The SMILES string of the molecule is [CH3-].[Cl-].[Cl-].[Hf+2]=[CH]c1ccccc1.[c-]1c(C2=CC=CC2)ccc2c1Cc1ccccc1-2. The number of halogens is 2. The second kappa shape index (κ2) is 12.2. The third kappa shape index (κ3) is 5.98. The van der Waals surface area contributed by atoms with Crippen molar-refractivity contribution >= 4 is 9.33 Å². The van der Waals surface area contributed by atoms with Gasteiger partial charge in [-0.1, -0.05) is 47.5 Å². The maximum atomic E-state index is 3.61. The molecule has 0 nitrogen and oxygen atoms in total. The van der Waals surface area contributed by atoms with E-state index in [2.05, 4.69) is 88.7 Å². The van der Waals surface area contributed by atoms with Gasteiger partial charge >= 0.3 is 63.5 Å². The van der Waals surface area contributed by atoms with Crippen molar-refractivity contribution in [2.24, 2.45) is 0 Å². The monoisotopic (exact) mass is 584 g/mol. The molecule has 5 rings (SSSR count). The van der Waals surface area contributed by atoms with E-state index in [0.29, 0.717) is 0 Å². The Balaban J connectivity index is 0.000000332. The van der Waals surface area contributed by atoms with Gasteiger partial charge in [0.05, 0.1) is 0 Å². The van der Waals surface area contributed by atoms with Crippen molar-refractivity contribution in [2.75, 3.05) is 0 Å². The topological polar surface area (TPSA) is 0 Å². The van der Waals surface area contributed by atoms with Crippen LogP contribution in [-0.4, -0.2) is 3.76 Å². The molecule has 146 valence electrons. The summed E-state index contributed by atoms with van der Waals surface area (Å²) in [5.74, 6) is 0. The summed E-state index contributed by atoms with van der Waals surface area (Å²) >= 11 is 1.15. The van der Waals surface area contributed by atoms with Crippen LogP contribution in [0.25, 0.3) is 16.7 Å². The summed E-state index contributed by atoms with van der Waals surface area (Å²) in [5, 5.41) is 0. The Kier molecular flexibility index (Phi) is 10.7. The Morgan fingerprint density at radius 3 is 2.21 bits per heavy atom. The molecule has 0 saturated carbocycles. The van der Waals surface area contributed by atoms with Crippen molar-refractivity contribution in [2.45, 2.75) is 12.8 Å². The molecule has 0 spiro atoms. The summed E-state index contributed by atoms with van der Waals surface area (Å²) in [6.07, 6.45) is 8.60. The molecule has 0 heterocycles. The first-order valence-corrected chi connectivity index (χ1v) is 11.0. The van der Waals surface area contributed by atoms with E-state index in [1.165, 1.54) is 39.0 Å². The number of rotatable bonds is 2. The Labute approximate surface area is 201 Å². The van der Waals surface area contributed by atoms with Gasteiger partial charge in [-0.25, -0.2) is 0 Å². The summed E-state index contributed by atoms with van der Waals surface area (Å²) in [6.45, 7) is 0. The zero-order valence-electron chi connectivity index (χ0n) is 16.3. The van der Waals surface area contributed by atoms with Crippen molar-refractivity contribution < 1.29 is 48.7 Å². The van der Waals surface area contributed by atoms with Crippen LogP contribution < -0.4 is 24.8 Å². The van der Waals surface area contributed by atoms with Crippen LogP contribution in [0.1, 0.15) is 28.7 Å². The molecule has 3 aromatic rings. The minimum Gasteiger partial charge on any atom is -0.147 e. The maximum Gasteiger partial charge on any atom is -0.0195 e. The number of fused-ring (bicyclic) bond motifs is 3. The maximum absolute atomic E-state index is 3.61. The molecule has 29 heavy (non-hydrogen) atoms. The van der Waals surface area contributed by atoms with Gasteiger partial charge in [0.2, 0.25) is 0 Å². The quantitative estimate of drug-likeness (QED) is 0.235. The Morgan fingerprint density at radius 2 is 1.55 bits per heavy atom. The van der Waals surface area contributed by atoms with E-state index in [1.807, 2.05) is 6.07 Å². The third-order valence-corrected chi connectivity index (χ3v) is 5.98. The average Bonchev–Trinajstić information content (AvgIpc) is 3.36. The molecule has 0 atom stereocenters. The molecule has 0 radical (unpaired) electrons. The van der Waals surface area contributed by atoms with Gasteiger partial charge < -0.3 is 32.2 Å². The largest absolute Gasteiger partial charge is 0.147 e. The fraction of sp³-hybridized carbons (Fsp3) is 0.0769. The van der Waals surface area contributed by atoms with Crippen LogP contribution in [0, 0.1) is 13.5 Å². The van der Waals surface area contributed by atoms with Gasteiger partial charge in [-0.15, -0.1) is 41.0 Å². The number of allylic oxidation sites excluding steroid dienone is 4. The fourth-order valence-electron chi connectivity index (χ4n) is 3.44. The van der Waals surface area contributed by atoms with Crippen LogP contribution in [0.5, 0.6) is 0 Å². The van der Waals surface area contributed by atoms with E-state index in [0.717, 1.165) is 36.7 Å². The van der Waals surface area contributed by atoms with Crippen molar-refractivity contribution in [3.8, 4) is 11.1 Å². The first kappa shape index (κ1) is 25.5. The van der Waals surface area contributed by atoms with Crippen LogP contribution in [-0.2, 0) is 30.3 Å². The first-order valence-electron chi connectivity index (χ1n) is 8.90. The van der Waals surface area contributed by atoms with Crippen LogP contribution in [0.4, 0.5) is 0 Å². The molecule has 0 aromatic heterocycles. The van der Waals surface area contributed by atoms with Gasteiger partial charge in [0.15, 0.2) is 0 Å². The van der Waals surface area contributed by atoms with Crippen LogP contribution >= 0.6 is 0 Å². The molecule has 0 N–H and O–H groups in total. The van der Waals surface area contributed by atoms with Gasteiger partial charge in [0.1, 0.15) is 0 Å². The summed E-state index contributed by atoms with van der Waals surface area (Å²) < 4.78 is 2.22. The first-order chi connectivity index (χ1) is 12.8. The summed E-state index contributed by atoms with van der Waals surface area (Å²) in [7, 11) is 0. The van der Waals surface area contributed by atoms with Crippen LogP contribution in [0.3, 0.4) is 0 Å². The standard InChI is InChI=1S/C18H13.C7H6.CH3.2ClH.Hf/c1-2-6-13(5-1)14-9-10-18-16(11-14)12-15-7-3-4-8-17(15)18;1-7-5-3-2-4-6-7;;;;/h1-5,7-10H,6,12H2;1-6H;1H3;2*1H;/q-1;;-1;;;+2/p-2. The summed E-state index contributed by atoms with van der Waals surface area (Å²) in [6, 6.07) is 27.1. The number of hydrogen-bond acceptors (Lipinski definition) is 0. The zero-order valence-corrected chi connectivity index (χ0v) is 21.4. The molecule has 0 amide bonds. The summed E-state index contributed by atoms with van der Waals surface area (Å²) in [4.78, 5) is 0. The smallest absolute Gasteiger partial charge is 0.0195 e. The molecule has 3 aromatic carbocycles. The van der Waals surface area contributed by atoms with E-state index >= 15 is 0 Å². The minimum atomic E-state index is 0. The van der Waals surface area contributed by atoms with Crippen molar-refractivity contribution in [3.05, 3.63) is 121 Å². The number of hydrogen-bond donors (Lipinski definition) is 0. The van der Waals surface area contributed by atoms with E-state index in [9.17, 15) is 0 Å². The minimum absolute atomic E-state index is 0. The van der Waals surface area contributed by atoms with Crippen molar-refractivity contribution in [3.63, 3.8) is 0 Å². The molecule has 0 aliphatic heterocycles. The molecule has 0 bridgehead atoms. The molecule has 0 unspecified atom stereocenters. The van der Waals surface area contributed by atoms with Gasteiger partial charge in [0.25, 0.3) is 0 Å². The van der Waals surface area contributed by atoms with Gasteiger partial charge in [-0.3, -0.25) is 0 Å². The van der Waals surface area contributed by atoms with Crippen molar-refractivity contribution in [1.82, 2.24) is 0 Å². The fourth-order valence-corrected chi connectivity index (χ4v) is 4.13. The summed E-state index contributed by atoms with van der Waals surface area (Å²) in [5.41, 5.74) is 9.51. The van der Waals surface area contributed by atoms with Gasteiger partial charge in [-0.2, -0.15) is 0 Å². The molecular formula is C26H22Cl2Hf-2. The Bertz CT molecular complexity index is 1000. The molecular weight excluding hydrogens is 562 g/mol. The van der Waals surface area contributed by atoms with Crippen LogP contribution in [0.15, 0.2) is 85.0 Å². The average molecular weight is 584 g/mol. The second-order valence-electron chi connectivity index (χ2n) is 6.48. The van der Waals surface area contributed by atoms with E-state index in [1.54, 1.807) is 0 Å². The molecule has 0 saturated heterocycles. The molecule has 2 aliphatic carbocycles. The van der Waals surface area contributed by atoms with E-state index in [-0.39, 0.29) is 32.2 Å². The second-order valence-corrected chi connectivity index (χ2v) is 7.51. The normalized spacial score (nSPS) is 12.0. The third-order valence-electron chi connectivity index (χ3n) is 4.79. The number of benzene rings is 3. The predicted molar refractivity (Wildman–Crippen MR) is 113 cm³/mol. The molecule has 3 heteroatoms.